The summed E-state index contributed by atoms with van der Waals surface area (Å²) >= 11 is 0. The molecule has 68 valence electrons. The maximum absolute atomic E-state index is 9.29. The monoisotopic (exact) mass is 208 g/mol. The summed E-state index contributed by atoms with van der Waals surface area (Å²) in [6, 6.07) is 7.87. The normalized spacial score (nSPS) is 13.4. The van der Waals surface area contributed by atoms with Crippen molar-refractivity contribution in [3.05, 3.63) is 30.3 Å². The zero-order valence-electron chi connectivity index (χ0n) is 6.12. The molecule has 0 fully saturated rings. The van der Waals surface area contributed by atoms with Crippen molar-refractivity contribution in [2.45, 2.75) is 0 Å². The number of hydrogen-bond acceptors (Lipinski definition) is 4. The van der Waals surface area contributed by atoms with Gasteiger partial charge in [0.1, 0.15) is 0 Å². The van der Waals surface area contributed by atoms with Crippen LogP contribution in [-0.2, 0) is 0 Å². The summed E-state index contributed by atoms with van der Waals surface area (Å²) in [5, 5.41) is 0.209. The van der Waals surface area contributed by atoms with Gasteiger partial charge in [0.05, 0.1) is 0 Å². The topological polar surface area (TPSA) is 80.9 Å². The van der Waals surface area contributed by atoms with E-state index in [1.807, 2.05) is 0 Å². The first-order chi connectivity index (χ1) is 5.55. The van der Waals surface area contributed by atoms with Gasteiger partial charge in [0, 0.05) is 0 Å². The molecule has 0 aromatic heterocycles. The number of rotatable bonds is 2. The number of hydrogen-bond donors (Lipinski definition) is 4. The second-order valence-electron chi connectivity index (χ2n) is 2.29. The molecule has 4 N–H and O–H groups in total. The van der Waals surface area contributed by atoms with E-state index in [0.717, 1.165) is 0 Å². The van der Waals surface area contributed by atoms with Crippen molar-refractivity contribution in [1.82, 2.24) is 0 Å². The van der Waals surface area contributed by atoms with Crippen molar-refractivity contribution in [2.24, 2.45) is 0 Å². The van der Waals surface area contributed by atoms with Gasteiger partial charge < -0.3 is 0 Å². The van der Waals surface area contributed by atoms with Crippen LogP contribution in [0.4, 0.5) is 0 Å². The fourth-order valence-electron chi connectivity index (χ4n) is 0.777. The molecule has 0 spiro atoms. The Kier molecular flexibility index (Phi) is 3.13. The third-order valence-electron chi connectivity index (χ3n) is 1.44. The molecule has 0 amide bonds. The van der Waals surface area contributed by atoms with Crippen LogP contribution in [0.15, 0.2) is 30.3 Å². The van der Waals surface area contributed by atoms with E-state index in [-0.39, 0.29) is 5.30 Å². The average molecular weight is 208 g/mol. The van der Waals surface area contributed by atoms with Crippen molar-refractivity contribution >= 4 is 20.8 Å². The maximum atomic E-state index is 9.29. The Morgan fingerprint density at radius 3 is 1.92 bits per heavy atom. The SMILES string of the molecule is OP(O)[PH](O)(O)c1ccccc1. The molecule has 6 heteroatoms. The molecule has 0 radical (unpaired) electrons. The van der Waals surface area contributed by atoms with Crippen molar-refractivity contribution < 1.29 is 19.6 Å². The van der Waals surface area contributed by atoms with Crippen LogP contribution in [0.25, 0.3) is 0 Å². The summed E-state index contributed by atoms with van der Waals surface area (Å²) in [5.74, 6) is 0. The summed E-state index contributed by atoms with van der Waals surface area (Å²) in [6.07, 6.45) is 0. The fourth-order valence-corrected chi connectivity index (χ4v) is 2.79. The molecule has 0 aliphatic carbocycles. The molecule has 12 heavy (non-hydrogen) atoms. The van der Waals surface area contributed by atoms with Crippen LogP contribution in [0.3, 0.4) is 0 Å². The van der Waals surface area contributed by atoms with Gasteiger partial charge in [-0.3, -0.25) is 0 Å². The third-order valence-corrected chi connectivity index (χ3v) is 5.55. The van der Waals surface area contributed by atoms with Crippen LogP contribution in [0.1, 0.15) is 0 Å². The molecule has 0 saturated carbocycles. The van der Waals surface area contributed by atoms with Gasteiger partial charge in [0.25, 0.3) is 0 Å². The van der Waals surface area contributed by atoms with Crippen LogP contribution < -0.4 is 5.30 Å². The molecule has 1 aromatic carbocycles. The van der Waals surface area contributed by atoms with Crippen LogP contribution in [0.5, 0.6) is 0 Å². The molecular weight excluding hydrogens is 198 g/mol. The van der Waals surface area contributed by atoms with Gasteiger partial charge in [-0.05, 0) is 0 Å². The molecule has 4 nitrogen and oxygen atoms in total. The zero-order chi connectivity index (χ0) is 9.19. The van der Waals surface area contributed by atoms with Gasteiger partial charge in [0.2, 0.25) is 0 Å². The standard InChI is InChI=1S/C6H10O4P2/c7-11(8)12(9,10)6-4-2-1-3-5-6/h1-5,7-10,12H. The number of benzene rings is 1. The first-order valence-electron chi connectivity index (χ1n) is 3.23. The predicted octanol–water partition coefficient (Wildman–Crippen LogP) is 0.0879. The summed E-state index contributed by atoms with van der Waals surface area (Å²) in [7, 11) is -6.65. The Morgan fingerprint density at radius 2 is 1.50 bits per heavy atom. The minimum atomic E-state index is -3.98. The van der Waals surface area contributed by atoms with Crippen molar-refractivity contribution in [1.29, 1.82) is 0 Å². The fraction of sp³-hybridized carbons (Fsp3) is 0. The van der Waals surface area contributed by atoms with Gasteiger partial charge >= 0.3 is 70.7 Å². The molecular formula is C6H10O4P2. The van der Waals surface area contributed by atoms with Gasteiger partial charge in [-0.1, -0.05) is 0 Å². The first-order valence-corrected chi connectivity index (χ1v) is 7.21. The molecule has 0 aliphatic rings. The van der Waals surface area contributed by atoms with Gasteiger partial charge in [0.15, 0.2) is 0 Å². The Morgan fingerprint density at radius 1 is 1.00 bits per heavy atom. The van der Waals surface area contributed by atoms with E-state index < -0.39 is 15.5 Å². The molecule has 0 saturated heterocycles. The van der Waals surface area contributed by atoms with Crippen LogP contribution in [-0.4, -0.2) is 19.6 Å². The molecule has 1 rings (SSSR count). The summed E-state index contributed by atoms with van der Waals surface area (Å²) < 4.78 is 0. The molecule has 1 aromatic rings. The quantitative estimate of drug-likeness (QED) is 0.519. The minimum absolute atomic E-state index is 0.209. The van der Waals surface area contributed by atoms with Crippen molar-refractivity contribution in [3.8, 4) is 0 Å². The van der Waals surface area contributed by atoms with Crippen molar-refractivity contribution in [3.63, 3.8) is 0 Å². The Balaban J connectivity index is 2.98. The summed E-state index contributed by atoms with van der Waals surface area (Å²) in [4.78, 5) is 36.0. The van der Waals surface area contributed by atoms with Crippen LogP contribution in [0, 0.1) is 0 Å². The van der Waals surface area contributed by atoms with Gasteiger partial charge in [-0.15, -0.1) is 0 Å². The molecule has 0 heterocycles. The van der Waals surface area contributed by atoms with Crippen LogP contribution >= 0.6 is 15.5 Å². The first kappa shape index (κ1) is 10.0. The van der Waals surface area contributed by atoms with E-state index in [1.54, 1.807) is 18.2 Å². The second kappa shape index (κ2) is 3.75. The van der Waals surface area contributed by atoms with E-state index in [4.69, 9.17) is 9.79 Å². The van der Waals surface area contributed by atoms with E-state index in [9.17, 15) is 9.79 Å². The van der Waals surface area contributed by atoms with Crippen LogP contribution in [0.2, 0.25) is 0 Å². The summed E-state index contributed by atoms with van der Waals surface area (Å²) in [5.41, 5.74) is 0. The Bertz CT molecular complexity index is 249. The van der Waals surface area contributed by atoms with Gasteiger partial charge in [-0.2, -0.15) is 0 Å². The Labute approximate surface area is 71.4 Å². The summed E-state index contributed by atoms with van der Waals surface area (Å²) in [6.45, 7) is 0. The molecule has 0 atom stereocenters. The third kappa shape index (κ3) is 1.99. The van der Waals surface area contributed by atoms with E-state index in [1.165, 1.54) is 12.1 Å². The zero-order valence-corrected chi connectivity index (χ0v) is 8.02. The Hall–Kier alpha value is -0.0800. The molecule has 0 aliphatic heterocycles. The second-order valence-corrected chi connectivity index (χ2v) is 7.79. The van der Waals surface area contributed by atoms with E-state index in [0.29, 0.717) is 0 Å². The molecule has 0 bridgehead atoms. The predicted molar refractivity (Wildman–Crippen MR) is 50.2 cm³/mol. The van der Waals surface area contributed by atoms with Crippen molar-refractivity contribution in [2.75, 3.05) is 0 Å². The van der Waals surface area contributed by atoms with E-state index >= 15 is 0 Å². The van der Waals surface area contributed by atoms with E-state index in [2.05, 4.69) is 0 Å². The van der Waals surface area contributed by atoms with Gasteiger partial charge in [-0.25, -0.2) is 0 Å². The average Bonchev–Trinajstić information content (AvgIpc) is 2.06. The molecule has 0 unspecified atom stereocenters.